The Balaban J connectivity index is 1.63. The summed E-state index contributed by atoms with van der Waals surface area (Å²) < 4.78 is 9.28. The zero-order valence-electron chi connectivity index (χ0n) is 12.1. The molecular weight excluding hydrogens is 327 g/mol. The average molecular weight is 341 g/mol. The Morgan fingerprint density at radius 2 is 2.00 bits per heavy atom. The van der Waals surface area contributed by atoms with Crippen LogP contribution in [0.2, 0.25) is 0 Å². The minimum Gasteiger partial charge on any atom is -0.457 e. The SMILES string of the molecule is Cc1ccc(-c2nc(COC(=O)C3(C)CC3(Cl)Cl)no2)cc1. The summed E-state index contributed by atoms with van der Waals surface area (Å²) in [7, 11) is 0. The Morgan fingerprint density at radius 1 is 1.36 bits per heavy atom. The van der Waals surface area contributed by atoms with Crippen molar-refractivity contribution in [3.63, 3.8) is 0 Å². The number of halogens is 2. The number of ether oxygens (including phenoxy) is 1. The molecule has 1 fully saturated rings. The molecule has 1 aromatic carbocycles. The smallest absolute Gasteiger partial charge is 0.315 e. The van der Waals surface area contributed by atoms with Gasteiger partial charge in [0.2, 0.25) is 5.82 Å². The van der Waals surface area contributed by atoms with E-state index in [1.165, 1.54) is 0 Å². The molecule has 5 nitrogen and oxygen atoms in total. The monoisotopic (exact) mass is 340 g/mol. The van der Waals surface area contributed by atoms with Crippen LogP contribution < -0.4 is 0 Å². The lowest BCUT2D eigenvalue weighted by Crippen LogP contribution is -2.21. The molecule has 1 aromatic heterocycles. The fourth-order valence-corrected chi connectivity index (χ4v) is 2.73. The van der Waals surface area contributed by atoms with Gasteiger partial charge in [0, 0.05) is 12.0 Å². The summed E-state index contributed by atoms with van der Waals surface area (Å²) in [4.78, 5) is 16.2. The lowest BCUT2D eigenvalue weighted by molar-refractivity contribution is -0.151. The second-order valence-electron chi connectivity index (χ2n) is 5.67. The average Bonchev–Trinajstić information content (AvgIpc) is 2.84. The van der Waals surface area contributed by atoms with Crippen LogP contribution in [0, 0.1) is 12.3 Å². The standard InChI is InChI=1S/C15H14Cl2N2O3/c1-9-3-5-10(6-4-9)12-18-11(19-22-12)7-21-13(20)14(2)8-15(14,16)17/h3-6H,7-8H2,1-2H3. The number of aryl methyl sites for hydroxylation is 1. The van der Waals surface area contributed by atoms with Crippen molar-refractivity contribution in [1.82, 2.24) is 10.1 Å². The molecule has 7 heteroatoms. The van der Waals surface area contributed by atoms with E-state index >= 15 is 0 Å². The van der Waals surface area contributed by atoms with Crippen LogP contribution in [0.5, 0.6) is 0 Å². The van der Waals surface area contributed by atoms with E-state index in [2.05, 4.69) is 10.1 Å². The molecule has 1 unspecified atom stereocenters. The van der Waals surface area contributed by atoms with E-state index in [1.807, 2.05) is 31.2 Å². The van der Waals surface area contributed by atoms with Crippen molar-refractivity contribution < 1.29 is 14.1 Å². The minimum atomic E-state index is -1.05. The van der Waals surface area contributed by atoms with Crippen LogP contribution in [0.3, 0.4) is 0 Å². The van der Waals surface area contributed by atoms with Crippen LogP contribution in [0.4, 0.5) is 0 Å². The molecule has 116 valence electrons. The molecule has 0 bridgehead atoms. The van der Waals surface area contributed by atoms with Gasteiger partial charge in [-0.3, -0.25) is 4.79 Å². The summed E-state index contributed by atoms with van der Waals surface area (Å²) in [5.74, 6) is 0.217. The van der Waals surface area contributed by atoms with Crippen molar-refractivity contribution in [3.8, 4) is 11.5 Å². The normalized spacial score (nSPS) is 22.4. The second-order valence-corrected chi connectivity index (χ2v) is 7.16. The van der Waals surface area contributed by atoms with E-state index in [0.717, 1.165) is 11.1 Å². The molecule has 1 aliphatic carbocycles. The lowest BCUT2D eigenvalue weighted by atomic mass is 10.1. The number of hydrogen-bond acceptors (Lipinski definition) is 5. The molecule has 0 amide bonds. The lowest BCUT2D eigenvalue weighted by Gasteiger charge is -2.10. The van der Waals surface area contributed by atoms with Gasteiger partial charge in [0.25, 0.3) is 5.89 Å². The first kappa shape index (κ1) is 15.3. The number of benzene rings is 1. The van der Waals surface area contributed by atoms with Crippen molar-refractivity contribution in [3.05, 3.63) is 35.7 Å². The first-order valence-electron chi connectivity index (χ1n) is 6.76. The van der Waals surface area contributed by atoms with Gasteiger partial charge in [-0.25, -0.2) is 0 Å². The molecule has 0 saturated heterocycles. The Kier molecular flexibility index (Phi) is 3.65. The van der Waals surface area contributed by atoms with E-state index in [9.17, 15) is 4.79 Å². The number of alkyl halides is 2. The predicted octanol–water partition coefficient (Wildman–Crippen LogP) is 3.67. The summed E-state index contributed by atoms with van der Waals surface area (Å²) in [5.41, 5.74) is 1.09. The Morgan fingerprint density at radius 3 is 2.59 bits per heavy atom. The highest BCUT2D eigenvalue weighted by atomic mass is 35.5. The number of nitrogens with zero attached hydrogens (tertiary/aromatic N) is 2. The zero-order chi connectivity index (χ0) is 16.0. The van der Waals surface area contributed by atoms with E-state index in [-0.39, 0.29) is 6.61 Å². The number of esters is 1. The Bertz CT molecular complexity index is 712. The fraction of sp³-hybridized carbons (Fsp3) is 0.400. The highest BCUT2D eigenvalue weighted by molar-refractivity contribution is 6.53. The third-order valence-electron chi connectivity index (χ3n) is 3.81. The Hall–Kier alpha value is -1.59. The summed E-state index contributed by atoms with van der Waals surface area (Å²) in [6.45, 7) is 3.59. The molecule has 1 aliphatic rings. The van der Waals surface area contributed by atoms with Crippen LogP contribution in [-0.4, -0.2) is 20.4 Å². The van der Waals surface area contributed by atoms with Gasteiger partial charge in [0.1, 0.15) is 9.75 Å². The zero-order valence-corrected chi connectivity index (χ0v) is 13.6. The minimum absolute atomic E-state index is 0.0758. The van der Waals surface area contributed by atoms with Gasteiger partial charge in [-0.1, -0.05) is 22.9 Å². The highest BCUT2D eigenvalue weighted by Gasteiger charge is 2.69. The number of carbonyl (C=O) groups excluding carboxylic acids is 1. The van der Waals surface area contributed by atoms with Crippen LogP contribution >= 0.6 is 23.2 Å². The second kappa shape index (κ2) is 5.25. The summed E-state index contributed by atoms with van der Waals surface area (Å²) in [6.07, 6.45) is 0.378. The van der Waals surface area contributed by atoms with E-state index in [4.69, 9.17) is 32.5 Å². The van der Waals surface area contributed by atoms with Crippen molar-refractivity contribution in [2.75, 3.05) is 0 Å². The number of aromatic nitrogens is 2. The van der Waals surface area contributed by atoms with Crippen LogP contribution in [0.25, 0.3) is 11.5 Å². The number of hydrogen-bond donors (Lipinski definition) is 0. The van der Waals surface area contributed by atoms with Crippen LogP contribution in [-0.2, 0) is 16.1 Å². The van der Waals surface area contributed by atoms with Crippen LogP contribution in [0.15, 0.2) is 28.8 Å². The molecule has 1 heterocycles. The highest BCUT2D eigenvalue weighted by Crippen LogP contribution is 2.64. The quantitative estimate of drug-likeness (QED) is 0.627. The molecule has 1 atom stereocenters. The molecule has 0 radical (unpaired) electrons. The fourth-order valence-electron chi connectivity index (χ4n) is 2.04. The maximum Gasteiger partial charge on any atom is 0.315 e. The summed E-state index contributed by atoms with van der Waals surface area (Å²) >= 11 is 11.9. The molecule has 2 aromatic rings. The topological polar surface area (TPSA) is 65.2 Å². The van der Waals surface area contributed by atoms with Crippen molar-refractivity contribution >= 4 is 29.2 Å². The first-order valence-corrected chi connectivity index (χ1v) is 7.52. The largest absolute Gasteiger partial charge is 0.457 e. The van der Waals surface area contributed by atoms with E-state index < -0.39 is 15.7 Å². The summed E-state index contributed by atoms with van der Waals surface area (Å²) in [6, 6.07) is 7.68. The Labute approximate surface area is 137 Å². The third kappa shape index (κ3) is 2.71. The maximum absolute atomic E-state index is 12.0. The maximum atomic E-state index is 12.0. The van der Waals surface area contributed by atoms with E-state index in [1.54, 1.807) is 6.92 Å². The molecule has 22 heavy (non-hydrogen) atoms. The van der Waals surface area contributed by atoms with Crippen molar-refractivity contribution in [2.24, 2.45) is 5.41 Å². The summed E-state index contributed by atoms with van der Waals surface area (Å²) in [5, 5.41) is 3.80. The van der Waals surface area contributed by atoms with Crippen molar-refractivity contribution in [1.29, 1.82) is 0 Å². The molecule has 3 rings (SSSR count). The molecular formula is C15H14Cl2N2O3. The van der Waals surface area contributed by atoms with Crippen molar-refractivity contribution in [2.45, 2.75) is 31.2 Å². The number of rotatable bonds is 4. The van der Waals surface area contributed by atoms with Gasteiger partial charge in [-0.15, -0.1) is 23.2 Å². The van der Waals surface area contributed by atoms with Gasteiger partial charge in [0.05, 0.1) is 0 Å². The molecule has 1 saturated carbocycles. The van der Waals surface area contributed by atoms with Gasteiger partial charge < -0.3 is 9.26 Å². The first-order chi connectivity index (χ1) is 10.3. The number of carbonyl (C=O) groups is 1. The van der Waals surface area contributed by atoms with Crippen LogP contribution in [0.1, 0.15) is 24.7 Å². The predicted molar refractivity (Wildman–Crippen MR) is 81.4 cm³/mol. The van der Waals surface area contributed by atoms with Gasteiger partial charge in [-0.05, 0) is 26.0 Å². The van der Waals surface area contributed by atoms with Gasteiger partial charge in [-0.2, -0.15) is 4.98 Å². The van der Waals surface area contributed by atoms with Gasteiger partial charge >= 0.3 is 5.97 Å². The third-order valence-corrected chi connectivity index (χ3v) is 4.91. The van der Waals surface area contributed by atoms with Gasteiger partial charge in [0.15, 0.2) is 6.61 Å². The molecule has 0 spiro atoms. The molecule has 0 N–H and O–H groups in total. The molecule has 0 aliphatic heterocycles. The van der Waals surface area contributed by atoms with E-state index in [0.29, 0.717) is 18.1 Å².